The van der Waals surface area contributed by atoms with Gasteiger partial charge in [-0.1, -0.05) is 23.2 Å². The average Bonchev–Trinajstić information content (AvgIpc) is 3.08. The third-order valence-corrected chi connectivity index (χ3v) is 5.89. The van der Waals surface area contributed by atoms with Crippen molar-refractivity contribution in [1.29, 1.82) is 0 Å². The minimum atomic E-state index is 0.0561. The number of aryl methyl sites for hydroxylation is 1. The maximum Gasteiger partial charge on any atom is 0.0653 e. The predicted octanol–water partition coefficient (Wildman–Crippen LogP) is 5.63. The fourth-order valence-corrected chi connectivity index (χ4v) is 4.79. The van der Waals surface area contributed by atoms with Crippen molar-refractivity contribution in [3.05, 3.63) is 52.5 Å². The monoisotopic (exact) mass is 322 g/mol. The van der Waals surface area contributed by atoms with Gasteiger partial charge in [-0.25, -0.2) is 0 Å². The van der Waals surface area contributed by atoms with E-state index in [0.29, 0.717) is 0 Å². The molecule has 0 bridgehead atoms. The first-order valence-corrected chi connectivity index (χ1v) is 8.66. The number of fused-ring (bicyclic) bond motifs is 8. The summed E-state index contributed by atoms with van der Waals surface area (Å²) in [5.74, 6) is 0. The molecule has 1 atom stereocenters. The molecule has 0 spiro atoms. The van der Waals surface area contributed by atoms with Gasteiger partial charge in [0.15, 0.2) is 0 Å². The van der Waals surface area contributed by atoms with Crippen molar-refractivity contribution < 1.29 is 0 Å². The summed E-state index contributed by atoms with van der Waals surface area (Å²) in [7, 11) is 0. The number of halogens is 1. The second-order valence-electron chi connectivity index (χ2n) is 7.11. The van der Waals surface area contributed by atoms with Crippen LogP contribution in [0.3, 0.4) is 0 Å². The van der Waals surface area contributed by atoms with Crippen molar-refractivity contribution in [3.63, 3.8) is 0 Å². The van der Waals surface area contributed by atoms with Gasteiger partial charge < -0.3 is 9.88 Å². The Kier molecular flexibility index (Phi) is 2.54. The fourth-order valence-electron chi connectivity index (χ4n) is 4.62. The maximum absolute atomic E-state index is 6.30. The van der Waals surface area contributed by atoms with Gasteiger partial charge in [-0.2, -0.15) is 0 Å². The molecule has 3 aromatic rings. The summed E-state index contributed by atoms with van der Waals surface area (Å²) < 4.78 is 0. The Morgan fingerprint density at radius 1 is 1.17 bits per heavy atom. The molecule has 1 unspecified atom stereocenters. The molecule has 0 amide bonds. The van der Waals surface area contributed by atoms with Crippen LogP contribution in [-0.2, 0) is 5.54 Å². The smallest absolute Gasteiger partial charge is 0.0653 e. The molecule has 5 rings (SSSR count). The van der Waals surface area contributed by atoms with Crippen LogP contribution in [0.1, 0.15) is 30.9 Å². The van der Waals surface area contributed by atoms with Crippen LogP contribution >= 0.6 is 11.6 Å². The summed E-state index contributed by atoms with van der Waals surface area (Å²) in [5.41, 5.74) is 7.93. The standard InChI is InChI=1S/C20H19ClN2/c1-12-4-7-17-15(10-12)19-18(20(2)8-3-9-23(17)20)14-11-13(21)5-6-16(14)22-19/h4-7,10-11,22H,3,8-9H2,1-2H3. The van der Waals surface area contributed by atoms with Crippen LogP contribution in [0.5, 0.6) is 0 Å². The number of nitrogens with zero attached hydrogens (tertiary/aromatic N) is 1. The van der Waals surface area contributed by atoms with E-state index in [1.807, 2.05) is 6.07 Å². The lowest BCUT2D eigenvalue weighted by Crippen LogP contribution is -2.41. The Balaban J connectivity index is 1.94. The first-order valence-electron chi connectivity index (χ1n) is 8.28. The highest BCUT2D eigenvalue weighted by molar-refractivity contribution is 6.31. The average molecular weight is 323 g/mol. The van der Waals surface area contributed by atoms with Gasteiger partial charge in [-0.05, 0) is 57.0 Å². The van der Waals surface area contributed by atoms with E-state index in [1.165, 1.54) is 51.8 Å². The van der Waals surface area contributed by atoms with E-state index in [2.05, 4.69) is 54.1 Å². The topological polar surface area (TPSA) is 19.0 Å². The molecule has 2 aromatic carbocycles. The number of aromatic nitrogens is 1. The number of nitrogens with one attached hydrogen (secondary N) is 1. The molecule has 2 aliphatic heterocycles. The van der Waals surface area contributed by atoms with Gasteiger partial charge in [0, 0.05) is 39.3 Å². The van der Waals surface area contributed by atoms with Crippen molar-refractivity contribution in [2.45, 2.75) is 32.2 Å². The van der Waals surface area contributed by atoms with Crippen molar-refractivity contribution in [3.8, 4) is 11.3 Å². The molecule has 23 heavy (non-hydrogen) atoms. The SMILES string of the molecule is Cc1ccc2c(c1)-c1[nH]c3ccc(Cl)cc3c1C1(C)CCCN21. The fraction of sp³-hybridized carbons (Fsp3) is 0.300. The van der Waals surface area contributed by atoms with Crippen LogP contribution in [0.15, 0.2) is 36.4 Å². The zero-order valence-electron chi connectivity index (χ0n) is 13.4. The summed E-state index contributed by atoms with van der Waals surface area (Å²) >= 11 is 6.30. The van der Waals surface area contributed by atoms with Gasteiger partial charge in [-0.15, -0.1) is 0 Å². The predicted molar refractivity (Wildman–Crippen MR) is 97.4 cm³/mol. The van der Waals surface area contributed by atoms with Crippen LogP contribution in [-0.4, -0.2) is 11.5 Å². The molecular formula is C20H19ClN2. The zero-order valence-corrected chi connectivity index (χ0v) is 14.2. The van der Waals surface area contributed by atoms with E-state index in [1.54, 1.807) is 0 Å². The van der Waals surface area contributed by atoms with E-state index < -0.39 is 0 Å². The lowest BCUT2D eigenvalue weighted by Gasteiger charge is -2.42. The second kappa shape index (κ2) is 4.33. The minimum absolute atomic E-state index is 0.0561. The van der Waals surface area contributed by atoms with Crippen LogP contribution < -0.4 is 4.90 Å². The van der Waals surface area contributed by atoms with Crippen LogP contribution in [0.2, 0.25) is 5.02 Å². The first-order chi connectivity index (χ1) is 11.1. The van der Waals surface area contributed by atoms with E-state index in [0.717, 1.165) is 11.6 Å². The maximum atomic E-state index is 6.30. The van der Waals surface area contributed by atoms with Gasteiger partial charge in [-0.3, -0.25) is 0 Å². The third-order valence-electron chi connectivity index (χ3n) is 5.65. The number of hydrogen-bond acceptors (Lipinski definition) is 1. The molecule has 116 valence electrons. The quantitative estimate of drug-likeness (QED) is 0.568. The lowest BCUT2D eigenvalue weighted by atomic mass is 9.81. The number of H-pyrrole nitrogens is 1. The second-order valence-corrected chi connectivity index (χ2v) is 7.55. The first kappa shape index (κ1) is 13.5. The molecule has 1 N–H and O–H groups in total. The Hall–Kier alpha value is -1.93. The summed E-state index contributed by atoms with van der Waals surface area (Å²) in [5, 5.41) is 2.08. The highest BCUT2D eigenvalue weighted by Crippen LogP contribution is 2.54. The summed E-state index contributed by atoms with van der Waals surface area (Å²) in [6.45, 7) is 5.67. The molecule has 2 aliphatic rings. The molecule has 1 fully saturated rings. The van der Waals surface area contributed by atoms with Crippen LogP contribution in [0, 0.1) is 6.92 Å². The molecular weight excluding hydrogens is 304 g/mol. The minimum Gasteiger partial charge on any atom is -0.361 e. The highest BCUT2D eigenvalue weighted by atomic mass is 35.5. The Labute approximate surface area is 141 Å². The van der Waals surface area contributed by atoms with E-state index in [4.69, 9.17) is 11.6 Å². The Morgan fingerprint density at radius 3 is 2.91 bits per heavy atom. The molecule has 1 aromatic heterocycles. The van der Waals surface area contributed by atoms with Crippen LogP contribution in [0.25, 0.3) is 22.2 Å². The van der Waals surface area contributed by atoms with Gasteiger partial charge >= 0.3 is 0 Å². The molecule has 3 heteroatoms. The summed E-state index contributed by atoms with van der Waals surface area (Å²) in [6, 6.07) is 13.0. The largest absolute Gasteiger partial charge is 0.361 e. The van der Waals surface area contributed by atoms with Crippen molar-refractivity contribution in [2.75, 3.05) is 11.4 Å². The Morgan fingerprint density at radius 2 is 2.04 bits per heavy atom. The van der Waals surface area contributed by atoms with E-state index in [9.17, 15) is 0 Å². The lowest BCUT2D eigenvalue weighted by molar-refractivity contribution is 0.494. The zero-order chi connectivity index (χ0) is 15.8. The van der Waals surface area contributed by atoms with E-state index in [-0.39, 0.29) is 5.54 Å². The normalized spacial score (nSPS) is 22.1. The van der Waals surface area contributed by atoms with Crippen LogP contribution in [0.4, 0.5) is 5.69 Å². The highest BCUT2D eigenvalue weighted by Gasteiger charge is 2.45. The van der Waals surface area contributed by atoms with Crippen molar-refractivity contribution in [1.82, 2.24) is 4.98 Å². The molecule has 0 radical (unpaired) electrons. The molecule has 2 nitrogen and oxygen atoms in total. The number of benzene rings is 2. The molecule has 3 heterocycles. The van der Waals surface area contributed by atoms with Gasteiger partial charge in [0.2, 0.25) is 0 Å². The van der Waals surface area contributed by atoms with Gasteiger partial charge in [0.05, 0.1) is 11.2 Å². The van der Waals surface area contributed by atoms with Gasteiger partial charge in [0.1, 0.15) is 0 Å². The van der Waals surface area contributed by atoms with Crippen molar-refractivity contribution in [2.24, 2.45) is 0 Å². The molecule has 0 saturated carbocycles. The van der Waals surface area contributed by atoms with Crippen molar-refractivity contribution >= 4 is 28.2 Å². The summed E-state index contributed by atoms with van der Waals surface area (Å²) in [4.78, 5) is 6.27. The van der Waals surface area contributed by atoms with Gasteiger partial charge in [0.25, 0.3) is 0 Å². The number of aromatic amines is 1. The van der Waals surface area contributed by atoms with E-state index >= 15 is 0 Å². The molecule has 1 saturated heterocycles. The Bertz CT molecular complexity index is 956. The number of anilines is 1. The number of rotatable bonds is 0. The third kappa shape index (κ3) is 1.65. The summed E-state index contributed by atoms with van der Waals surface area (Å²) in [6.07, 6.45) is 2.42. The number of hydrogen-bond donors (Lipinski definition) is 1. The molecule has 0 aliphatic carbocycles.